The summed E-state index contributed by atoms with van der Waals surface area (Å²) in [5, 5.41) is 14.3. The van der Waals surface area contributed by atoms with E-state index >= 15 is 0 Å². The Kier molecular flexibility index (Phi) is 6.35. The summed E-state index contributed by atoms with van der Waals surface area (Å²) in [6.45, 7) is 1.81. The highest BCUT2D eigenvalue weighted by atomic mass is 16.5. The Labute approximate surface area is 189 Å². The minimum Gasteiger partial charge on any atom is -0.507 e. The number of ether oxygens (including phenoxy) is 1. The largest absolute Gasteiger partial charge is 0.507 e. The first-order valence-electron chi connectivity index (χ1n) is 10.6. The van der Waals surface area contributed by atoms with Gasteiger partial charge >= 0.3 is 5.97 Å². The van der Waals surface area contributed by atoms with Crippen LogP contribution in [-0.4, -0.2) is 31.0 Å². The summed E-state index contributed by atoms with van der Waals surface area (Å²) < 4.78 is 8.18. The van der Waals surface area contributed by atoms with E-state index in [-0.39, 0.29) is 24.4 Å². The zero-order valence-electron chi connectivity index (χ0n) is 18.0. The lowest BCUT2D eigenvalue weighted by atomic mass is 10.0. The summed E-state index contributed by atoms with van der Waals surface area (Å²) in [4.78, 5) is 38.2. The van der Waals surface area contributed by atoms with Gasteiger partial charge in [-0.2, -0.15) is 5.10 Å². The number of nitrogens with zero attached hydrogens (tertiary/aromatic N) is 3. The molecule has 0 fully saturated rings. The van der Waals surface area contributed by atoms with Crippen molar-refractivity contribution in [3.63, 3.8) is 0 Å². The van der Waals surface area contributed by atoms with Gasteiger partial charge in [0.25, 0.3) is 5.56 Å². The molecule has 0 aliphatic carbocycles. The van der Waals surface area contributed by atoms with E-state index < -0.39 is 23.3 Å². The molecule has 3 aromatic heterocycles. The number of pyridine rings is 2. The monoisotopic (exact) mass is 445 g/mol. The molecule has 1 aromatic carbocycles. The number of ketones is 1. The number of esters is 1. The molecule has 8 heteroatoms. The van der Waals surface area contributed by atoms with Crippen LogP contribution in [0.4, 0.5) is 0 Å². The molecule has 3 heterocycles. The molecule has 0 radical (unpaired) electrons. The summed E-state index contributed by atoms with van der Waals surface area (Å²) in [6.07, 6.45) is 5.10. The van der Waals surface area contributed by atoms with Crippen LogP contribution in [0, 0.1) is 0 Å². The van der Waals surface area contributed by atoms with Crippen molar-refractivity contribution in [3.05, 3.63) is 100 Å². The molecule has 4 aromatic rings. The Balaban J connectivity index is 1.55. The van der Waals surface area contributed by atoms with Crippen molar-refractivity contribution in [2.24, 2.45) is 0 Å². The van der Waals surface area contributed by atoms with E-state index in [2.05, 4.69) is 5.10 Å². The average molecular weight is 445 g/mol. The Hall–Kier alpha value is -4.20. The van der Waals surface area contributed by atoms with Gasteiger partial charge in [0.15, 0.2) is 5.78 Å². The molecule has 1 unspecified atom stereocenters. The summed E-state index contributed by atoms with van der Waals surface area (Å²) in [6, 6.07) is 14.8. The van der Waals surface area contributed by atoms with Crippen molar-refractivity contribution < 1.29 is 19.4 Å². The van der Waals surface area contributed by atoms with Crippen molar-refractivity contribution in [2.45, 2.75) is 32.4 Å². The van der Waals surface area contributed by atoms with Crippen LogP contribution in [0.15, 0.2) is 78.0 Å². The standard InChI is InChI=1S/C25H23N3O5/c1-2-21(23(30)13-18-9-11-28-19(12-18)8-10-26-28)27-15-20(22(29)14-24(27)31)25(32)33-16-17-6-4-3-5-7-17/h3-12,14-15,21,29H,2,13,16H2,1H3. The molecular weight excluding hydrogens is 422 g/mol. The third-order valence-electron chi connectivity index (χ3n) is 5.43. The van der Waals surface area contributed by atoms with Crippen LogP contribution in [0.1, 0.15) is 40.9 Å². The number of carbonyl (C=O) groups excluding carboxylic acids is 2. The second kappa shape index (κ2) is 9.52. The van der Waals surface area contributed by atoms with Crippen molar-refractivity contribution >= 4 is 17.3 Å². The normalized spacial score (nSPS) is 11.9. The molecule has 168 valence electrons. The first-order valence-corrected chi connectivity index (χ1v) is 10.6. The van der Waals surface area contributed by atoms with E-state index in [9.17, 15) is 19.5 Å². The fourth-order valence-corrected chi connectivity index (χ4v) is 3.72. The molecule has 8 nitrogen and oxygen atoms in total. The predicted molar refractivity (Wildman–Crippen MR) is 121 cm³/mol. The highest BCUT2D eigenvalue weighted by Crippen LogP contribution is 2.21. The molecule has 1 N–H and O–H groups in total. The molecule has 33 heavy (non-hydrogen) atoms. The lowest BCUT2D eigenvalue weighted by Crippen LogP contribution is -2.30. The number of benzene rings is 1. The fourth-order valence-electron chi connectivity index (χ4n) is 3.72. The highest BCUT2D eigenvalue weighted by Gasteiger charge is 2.23. The van der Waals surface area contributed by atoms with Crippen LogP contribution in [0.5, 0.6) is 5.75 Å². The smallest absolute Gasteiger partial charge is 0.343 e. The van der Waals surface area contributed by atoms with Crippen LogP contribution < -0.4 is 5.56 Å². The number of rotatable bonds is 8. The van der Waals surface area contributed by atoms with Gasteiger partial charge in [-0.1, -0.05) is 37.3 Å². The Bertz CT molecular complexity index is 1360. The minimum atomic E-state index is -0.792. The van der Waals surface area contributed by atoms with Gasteiger partial charge in [0.05, 0.1) is 11.6 Å². The second-order valence-corrected chi connectivity index (χ2v) is 7.68. The number of hydrogen-bond acceptors (Lipinski definition) is 6. The number of fused-ring (bicyclic) bond motifs is 1. The van der Waals surface area contributed by atoms with Crippen LogP contribution in [0.2, 0.25) is 0 Å². The number of hydrogen-bond donors (Lipinski definition) is 1. The van der Waals surface area contributed by atoms with Crippen LogP contribution in [0.25, 0.3) is 5.52 Å². The van der Waals surface area contributed by atoms with E-state index in [1.165, 1.54) is 10.8 Å². The van der Waals surface area contributed by atoms with Crippen molar-refractivity contribution in [1.29, 1.82) is 0 Å². The third-order valence-corrected chi connectivity index (χ3v) is 5.43. The summed E-state index contributed by atoms with van der Waals surface area (Å²) >= 11 is 0. The topological polar surface area (TPSA) is 103 Å². The van der Waals surface area contributed by atoms with Gasteiger partial charge in [-0.3, -0.25) is 9.59 Å². The number of aromatic hydroxyl groups is 1. The summed E-state index contributed by atoms with van der Waals surface area (Å²) in [5.74, 6) is -1.45. The lowest BCUT2D eigenvalue weighted by molar-refractivity contribution is -0.121. The van der Waals surface area contributed by atoms with Gasteiger partial charge < -0.3 is 14.4 Å². The number of aromatic nitrogens is 3. The molecule has 0 spiro atoms. The summed E-state index contributed by atoms with van der Waals surface area (Å²) in [5.41, 5.74) is 1.70. The maximum atomic E-state index is 13.1. The van der Waals surface area contributed by atoms with E-state index in [0.29, 0.717) is 6.42 Å². The average Bonchev–Trinajstić information content (AvgIpc) is 3.28. The highest BCUT2D eigenvalue weighted by molar-refractivity contribution is 5.92. The van der Waals surface area contributed by atoms with Crippen LogP contribution in [-0.2, 0) is 22.6 Å². The zero-order chi connectivity index (χ0) is 23.4. The van der Waals surface area contributed by atoms with Crippen LogP contribution in [0.3, 0.4) is 0 Å². The van der Waals surface area contributed by atoms with Gasteiger partial charge in [-0.15, -0.1) is 0 Å². The van der Waals surface area contributed by atoms with Crippen molar-refractivity contribution in [1.82, 2.24) is 14.2 Å². The zero-order valence-corrected chi connectivity index (χ0v) is 18.0. The minimum absolute atomic E-state index is 0.0193. The molecule has 0 aliphatic rings. The molecule has 1 atom stereocenters. The molecule has 0 bridgehead atoms. The van der Waals surface area contributed by atoms with E-state index in [4.69, 9.17) is 4.74 Å². The Morgan fingerprint density at radius 1 is 1.09 bits per heavy atom. The van der Waals surface area contributed by atoms with Crippen LogP contribution >= 0.6 is 0 Å². The maximum Gasteiger partial charge on any atom is 0.343 e. The molecule has 0 aliphatic heterocycles. The van der Waals surface area contributed by atoms with E-state index in [1.807, 2.05) is 30.3 Å². The van der Waals surface area contributed by atoms with E-state index in [0.717, 1.165) is 22.7 Å². The van der Waals surface area contributed by atoms with Gasteiger partial charge in [-0.25, -0.2) is 9.31 Å². The first kappa shape index (κ1) is 22.0. The predicted octanol–water partition coefficient (Wildman–Crippen LogP) is 3.32. The molecule has 0 saturated heterocycles. The molecule has 0 amide bonds. The van der Waals surface area contributed by atoms with Crippen molar-refractivity contribution in [2.75, 3.05) is 0 Å². The lowest BCUT2D eigenvalue weighted by Gasteiger charge is -2.18. The number of Topliss-reactive ketones (excluding diaryl/α,β-unsaturated/α-hetero) is 1. The van der Waals surface area contributed by atoms with Gasteiger partial charge in [0.1, 0.15) is 17.9 Å². The van der Waals surface area contributed by atoms with E-state index in [1.54, 1.807) is 42.0 Å². The SMILES string of the molecule is CCC(C(=O)Cc1ccn2nccc2c1)n1cc(C(=O)OCc2ccccc2)c(O)cc1=O. The molecule has 4 rings (SSSR count). The fraction of sp³-hybridized carbons (Fsp3) is 0.200. The Morgan fingerprint density at radius 2 is 1.88 bits per heavy atom. The van der Waals surface area contributed by atoms with Gasteiger partial charge in [0.2, 0.25) is 0 Å². The summed E-state index contributed by atoms with van der Waals surface area (Å²) in [7, 11) is 0. The number of carbonyl (C=O) groups is 2. The first-order chi connectivity index (χ1) is 16.0. The Morgan fingerprint density at radius 3 is 2.64 bits per heavy atom. The van der Waals surface area contributed by atoms with Gasteiger partial charge in [0, 0.05) is 31.1 Å². The molecule has 0 saturated carbocycles. The second-order valence-electron chi connectivity index (χ2n) is 7.68. The quantitative estimate of drug-likeness (QED) is 0.418. The van der Waals surface area contributed by atoms with Gasteiger partial charge in [-0.05, 0) is 35.7 Å². The molecular formula is C25H23N3O5. The van der Waals surface area contributed by atoms with Crippen molar-refractivity contribution in [3.8, 4) is 5.75 Å². The maximum absolute atomic E-state index is 13.1. The third kappa shape index (κ3) is 4.85.